The fourth-order valence-corrected chi connectivity index (χ4v) is 2.55. The van der Waals surface area contributed by atoms with E-state index in [0.717, 1.165) is 11.0 Å². The molecule has 2 rings (SSSR count). The maximum atomic E-state index is 11.5. The van der Waals surface area contributed by atoms with Crippen LogP contribution >= 0.6 is 0 Å². The molecular weight excluding hydrogens is 331 g/mol. The lowest BCUT2D eigenvalue weighted by Crippen LogP contribution is -2.41. The molecule has 7 heteroatoms. The lowest BCUT2D eigenvalue weighted by molar-refractivity contribution is -0.118. The highest BCUT2D eigenvalue weighted by Crippen LogP contribution is 2.39. The summed E-state index contributed by atoms with van der Waals surface area (Å²) in [6.07, 6.45) is 1.89. The molecule has 1 fully saturated rings. The maximum absolute atomic E-state index is 11.5. The average Bonchev–Trinajstić information content (AvgIpc) is 2.72. The molecule has 1 aromatic rings. The zero-order chi connectivity index (χ0) is 19.5. The van der Waals surface area contributed by atoms with Crippen LogP contribution in [-0.2, 0) is 18.9 Å². The van der Waals surface area contributed by atoms with Gasteiger partial charge in [-0.05, 0) is 44.8 Å². The van der Waals surface area contributed by atoms with Crippen LogP contribution in [0.25, 0.3) is 6.08 Å². The number of amides is 2. The second-order valence-corrected chi connectivity index (χ2v) is 7.49. The van der Waals surface area contributed by atoms with Gasteiger partial charge in [-0.1, -0.05) is 24.3 Å². The summed E-state index contributed by atoms with van der Waals surface area (Å²) in [7, 11) is -0.586. The van der Waals surface area contributed by atoms with E-state index in [-0.39, 0.29) is 11.8 Å². The third-order valence-corrected chi connectivity index (χ3v) is 4.71. The number of hydrogen-bond acceptors (Lipinski definition) is 4. The molecule has 0 unspecified atom stereocenters. The Morgan fingerprint density at radius 2 is 1.62 bits per heavy atom. The minimum absolute atomic E-state index is 0.137. The lowest BCUT2D eigenvalue weighted by Gasteiger charge is -2.32. The van der Waals surface area contributed by atoms with Crippen LogP contribution in [0.1, 0.15) is 47.1 Å². The molecule has 0 aliphatic carbocycles. The predicted octanol–water partition coefficient (Wildman–Crippen LogP) is 2.80. The molecule has 1 aliphatic heterocycles. The largest absolute Gasteiger partial charge is 0.492 e. The lowest BCUT2D eigenvalue weighted by atomic mass is 9.76. The predicted molar refractivity (Wildman–Crippen MR) is 103 cm³/mol. The normalized spacial score (nSPS) is 18.5. The summed E-state index contributed by atoms with van der Waals surface area (Å²) in [5, 5.41) is 5.62. The molecule has 6 nitrogen and oxygen atoms in total. The topological polar surface area (TPSA) is 76.7 Å². The molecule has 0 saturated carbocycles. The Balaban J connectivity index is 2.38. The van der Waals surface area contributed by atoms with Crippen molar-refractivity contribution in [3.63, 3.8) is 0 Å². The molecule has 0 radical (unpaired) electrons. The highest BCUT2D eigenvalue weighted by Gasteiger charge is 2.52. The van der Waals surface area contributed by atoms with Crippen LogP contribution in [0, 0.1) is 0 Å². The summed E-state index contributed by atoms with van der Waals surface area (Å²) in [4.78, 5) is 22.9. The molecule has 0 aromatic heterocycles. The highest BCUT2D eigenvalue weighted by atomic mass is 16.7. The van der Waals surface area contributed by atoms with E-state index in [1.165, 1.54) is 13.8 Å². The quantitative estimate of drug-likeness (QED) is 0.794. The molecule has 0 atom stereocenters. The Morgan fingerprint density at radius 3 is 2.15 bits per heavy atom. The van der Waals surface area contributed by atoms with E-state index >= 15 is 0 Å². The Hall–Kier alpha value is -2.12. The fraction of sp³-hybridized carbons (Fsp3) is 0.474. The van der Waals surface area contributed by atoms with Crippen LogP contribution in [0.5, 0.6) is 0 Å². The Bertz CT molecular complexity index is 712. The number of nitrogens with one attached hydrogen (secondary N) is 2. The smallest absolute Gasteiger partial charge is 0.400 e. The Labute approximate surface area is 155 Å². The van der Waals surface area contributed by atoms with Crippen LogP contribution in [0.15, 0.2) is 29.7 Å². The van der Waals surface area contributed by atoms with Crippen LogP contribution in [0.4, 0.5) is 5.69 Å². The van der Waals surface area contributed by atoms with Crippen LogP contribution in [0.3, 0.4) is 0 Å². The minimum Gasteiger partial charge on any atom is -0.400 e. The minimum atomic E-state index is -0.586. The van der Waals surface area contributed by atoms with Crippen molar-refractivity contribution in [2.45, 2.75) is 52.7 Å². The van der Waals surface area contributed by atoms with Gasteiger partial charge in [-0.15, -0.1) is 0 Å². The van der Waals surface area contributed by atoms with Gasteiger partial charge in [-0.25, -0.2) is 0 Å². The number of rotatable bonds is 5. The van der Waals surface area contributed by atoms with Crippen molar-refractivity contribution >= 4 is 30.7 Å². The third-order valence-electron chi connectivity index (χ3n) is 4.71. The van der Waals surface area contributed by atoms with E-state index in [2.05, 4.69) is 10.6 Å². The van der Waals surface area contributed by atoms with Crippen molar-refractivity contribution in [1.82, 2.24) is 5.32 Å². The fourth-order valence-electron chi connectivity index (χ4n) is 2.55. The number of benzene rings is 1. The van der Waals surface area contributed by atoms with E-state index in [1.807, 2.05) is 58.0 Å². The summed E-state index contributed by atoms with van der Waals surface area (Å²) in [5.74, 6) is -0.285. The first-order valence-electron chi connectivity index (χ1n) is 8.69. The van der Waals surface area contributed by atoms with Gasteiger partial charge < -0.3 is 19.9 Å². The van der Waals surface area contributed by atoms with Crippen molar-refractivity contribution in [1.29, 1.82) is 0 Å². The molecule has 1 heterocycles. The van der Waals surface area contributed by atoms with Crippen molar-refractivity contribution in [3.8, 4) is 0 Å². The van der Waals surface area contributed by atoms with Gasteiger partial charge in [0.25, 0.3) is 0 Å². The van der Waals surface area contributed by atoms with E-state index in [4.69, 9.17) is 9.31 Å². The highest BCUT2D eigenvalue weighted by molar-refractivity contribution is 6.56. The van der Waals surface area contributed by atoms with Crippen LogP contribution in [-0.4, -0.2) is 36.7 Å². The van der Waals surface area contributed by atoms with E-state index in [9.17, 15) is 9.59 Å². The second-order valence-electron chi connectivity index (χ2n) is 7.49. The van der Waals surface area contributed by atoms with Crippen molar-refractivity contribution < 1.29 is 18.9 Å². The zero-order valence-corrected chi connectivity index (χ0v) is 16.3. The van der Waals surface area contributed by atoms with Gasteiger partial charge in [0.15, 0.2) is 0 Å². The van der Waals surface area contributed by atoms with Gasteiger partial charge >= 0.3 is 7.12 Å². The standard InChI is InChI=1S/C19H27BN2O4/c1-13(23)21-12-16(20-25-18(3,4)19(5,6)26-20)11-15-9-7-8-10-17(15)22-14(2)24/h7-11H,12H2,1-6H3,(H,21,23)(H,22,24). The molecule has 2 amide bonds. The molecular formula is C19H27BN2O4. The zero-order valence-electron chi connectivity index (χ0n) is 16.3. The van der Waals surface area contributed by atoms with Crippen LogP contribution < -0.4 is 10.6 Å². The summed E-state index contributed by atoms with van der Waals surface area (Å²) >= 11 is 0. The SMILES string of the molecule is CC(=O)NCC(=Cc1ccccc1NC(C)=O)B1OC(C)(C)C(C)(C)O1. The molecule has 1 aliphatic rings. The van der Waals surface area contributed by atoms with E-state index < -0.39 is 18.3 Å². The first kappa shape index (κ1) is 20.2. The summed E-state index contributed by atoms with van der Waals surface area (Å²) in [6, 6.07) is 7.46. The Morgan fingerprint density at radius 1 is 1.04 bits per heavy atom. The summed E-state index contributed by atoms with van der Waals surface area (Å²) < 4.78 is 12.2. The molecule has 140 valence electrons. The first-order valence-corrected chi connectivity index (χ1v) is 8.69. The first-order chi connectivity index (χ1) is 12.0. The molecule has 1 aromatic carbocycles. The van der Waals surface area contributed by atoms with E-state index in [1.54, 1.807) is 0 Å². The maximum Gasteiger partial charge on any atom is 0.492 e. The average molecular weight is 358 g/mol. The summed E-state index contributed by atoms with van der Waals surface area (Å²) in [6.45, 7) is 11.1. The third kappa shape index (κ3) is 4.74. The molecule has 26 heavy (non-hydrogen) atoms. The van der Waals surface area contributed by atoms with Crippen LogP contribution in [0.2, 0.25) is 0 Å². The Kier molecular flexibility index (Phi) is 5.93. The van der Waals surface area contributed by atoms with Gasteiger partial charge in [0.1, 0.15) is 0 Å². The number of hydrogen-bond donors (Lipinski definition) is 2. The van der Waals surface area contributed by atoms with Gasteiger partial charge in [0.05, 0.1) is 11.2 Å². The number of para-hydroxylation sites is 1. The molecule has 0 spiro atoms. The van der Waals surface area contributed by atoms with Crippen molar-refractivity contribution in [2.24, 2.45) is 0 Å². The number of anilines is 1. The van der Waals surface area contributed by atoms with Crippen molar-refractivity contribution in [2.75, 3.05) is 11.9 Å². The van der Waals surface area contributed by atoms with Gasteiger partial charge in [-0.2, -0.15) is 0 Å². The van der Waals surface area contributed by atoms with E-state index in [0.29, 0.717) is 12.2 Å². The molecule has 0 bridgehead atoms. The monoisotopic (exact) mass is 358 g/mol. The van der Waals surface area contributed by atoms with Gasteiger partial charge in [-0.3, -0.25) is 9.59 Å². The molecule has 1 saturated heterocycles. The molecule has 2 N–H and O–H groups in total. The van der Waals surface area contributed by atoms with Gasteiger partial charge in [0, 0.05) is 26.1 Å². The summed E-state index contributed by atoms with van der Waals surface area (Å²) in [5.41, 5.74) is 1.32. The van der Waals surface area contributed by atoms with Gasteiger partial charge in [0.2, 0.25) is 11.8 Å². The second kappa shape index (κ2) is 7.64. The number of carbonyl (C=O) groups is 2. The van der Waals surface area contributed by atoms with Crippen molar-refractivity contribution in [3.05, 3.63) is 35.3 Å². The number of carbonyl (C=O) groups excluding carboxylic acids is 2.